The average molecular weight is 573 g/mol. The Labute approximate surface area is 226 Å². The zero-order chi connectivity index (χ0) is 26.6. The van der Waals surface area contributed by atoms with Crippen molar-refractivity contribution in [3.8, 4) is 5.75 Å². The maximum atomic E-state index is 13.6. The number of halogens is 2. The highest BCUT2D eigenvalue weighted by atomic mass is 35.5. The van der Waals surface area contributed by atoms with Crippen LogP contribution in [-0.4, -0.2) is 75.0 Å². The van der Waals surface area contributed by atoms with Gasteiger partial charge in [-0.2, -0.15) is 4.31 Å². The lowest BCUT2D eigenvalue weighted by molar-refractivity contribution is -0.146. The standard InChI is InChI=1S/C25H30Cl2N2O7S/c1-34-18-3-6-20(7-4-18)37(32,33)29-13-17(30)14-35-15-24-23(29)9-5-19(36-24)11-25(31)28-12-16-2-8-21(26)22(27)10-16/h2-4,6-8,10,17,19,23-24,30H,5,9,11-15H2,1H3,(H,28,31)/t17-,19+,23-,24+/m0/s1. The molecule has 2 aromatic rings. The number of carbonyl (C=O) groups excluding carboxylic acids is 1. The number of amides is 1. The van der Waals surface area contributed by atoms with E-state index in [2.05, 4.69) is 5.32 Å². The van der Waals surface area contributed by atoms with Gasteiger partial charge in [0.25, 0.3) is 0 Å². The van der Waals surface area contributed by atoms with Gasteiger partial charge in [0.1, 0.15) is 5.75 Å². The predicted octanol–water partition coefficient (Wildman–Crippen LogP) is 3.01. The second kappa shape index (κ2) is 12.3. The number of carbonyl (C=O) groups is 1. The Balaban J connectivity index is 1.42. The zero-order valence-corrected chi connectivity index (χ0v) is 22.6. The summed E-state index contributed by atoms with van der Waals surface area (Å²) in [6.07, 6.45) is -0.889. The molecular weight excluding hydrogens is 543 g/mol. The van der Waals surface area contributed by atoms with Crippen molar-refractivity contribution < 1.29 is 32.5 Å². The molecule has 0 aromatic heterocycles. The van der Waals surface area contributed by atoms with Gasteiger partial charge in [-0.1, -0.05) is 29.3 Å². The Hall–Kier alpha value is -1.92. The fourth-order valence-electron chi connectivity index (χ4n) is 4.58. The summed E-state index contributed by atoms with van der Waals surface area (Å²) in [6.45, 7) is 0.269. The molecule has 202 valence electrons. The molecule has 0 spiro atoms. The number of methoxy groups -OCH3 is 1. The van der Waals surface area contributed by atoms with E-state index < -0.39 is 34.4 Å². The molecular formula is C25H30Cl2N2O7S. The van der Waals surface area contributed by atoms with E-state index in [4.69, 9.17) is 37.4 Å². The molecule has 2 aliphatic rings. The number of nitrogens with zero attached hydrogens (tertiary/aromatic N) is 1. The minimum atomic E-state index is -3.93. The normalized spacial score (nSPS) is 25.0. The number of sulfonamides is 1. The molecule has 0 bridgehead atoms. The summed E-state index contributed by atoms with van der Waals surface area (Å²) in [5.74, 6) is 0.346. The van der Waals surface area contributed by atoms with Crippen LogP contribution in [0.15, 0.2) is 47.4 Å². The highest BCUT2D eigenvalue weighted by Gasteiger charge is 2.43. The van der Waals surface area contributed by atoms with E-state index in [0.717, 1.165) is 5.56 Å². The smallest absolute Gasteiger partial charge is 0.243 e. The van der Waals surface area contributed by atoms with Crippen molar-refractivity contribution in [3.63, 3.8) is 0 Å². The Morgan fingerprint density at radius 2 is 1.89 bits per heavy atom. The molecule has 1 amide bonds. The van der Waals surface area contributed by atoms with Crippen LogP contribution in [0, 0.1) is 0 Å². The first kappa shape index (κ1) is 28.1. The summed E-state index contributed by atoms with van der Waals surface area (Å²) < 4.78 is 45.4. The van der Waals surface area contributed by atoms with Crippen LogP contribution in [0.25, 0.3) is 0 Å². The van der Waals surface area contributed by atoms with Gasteiger partial charge in [-0.15, -0.1) is 0 Å². The van der Waals surface area contributed by atoms with Gasteiger partial charge in [0.05, 0.1) is 66.0 Å². The first-order valence-electron chi connectivity index (χ1n) is 11.9. The summed E-state index contributed by atoms with van der Waals surface area (Å²) >= 11 is 12.0. The van der Waals surface area contributed by atoms with E-state index in [0.29, 0.717) is 35.2 Å². The molecule has 12 heteroatoms. The topological polar surface area (TPSA) is 114 Å². The summed E-state index contributed by atoms with van der Waals surface area (Å²) in [5, 5.41) is 14.1. The quantitative estimate of drug-likeness (QED) is 0.524. The molecule has 2 heterocycles. The highest BCUT2D eigenvalue weighted by Crippen LogP contribution is 2.32. The first-order chi connectivity index (χ1) is 17.7. The Kier molecular flexibility index (Phi) is 9.33. The maximum Gasteiger partial charge on any atom is 0.243 e. The van der Waals surface area contributed by atoms with E-state index in [1.165, 1.54) is 23.5 Å². The van der Waals surface area contributed by atoms with Gasteiger partial charge in [0.15, 0.2) is 0 Å². The van der Waals surface area contributed by atoms with Crippen molar-refractivity contribution in [3.05, 3.63) is 58.1 Å². The molecule has 2 aliphatic heterocycles. The third kappa shape index (κ3) is 6.94. The molecule has 0 unspecified atom stereocenters. The largest absolute Gasteiger partial charge is 0.497 e. The third-order valence-corrected chi connectivity index (χ3v) is 9.13. The van der Waals surface area contributed by atoms with Crippen molar-refractivity contribution in [2.24, 2.45) is 0 Å². The van der Waals surface area contributed by atoms with Gasteiger partial charge in [-0.25, -0.2) is 8.42 Å². The second-order valence-corrected chi connectivity index (χ2v) is 11.8. The SMILES string of the molecule is COc1ccc(S(=O)(=O)N2C[C@H](O)COC[C@H]3O[C@@H](CC(=O)NCc4ccc(Cl)c(Cl)c4)CC[C@@H]32)cc1. The maximum absolute atomic E-state index is 13.6. The van der Waals surface area contributed by atoms with E-state index in [-0.39, 0.29) is 37.0 Å². The third-order valence-electron chi connectivity index (χ3n) is 6.49. The molecule has 0 saturated carbocycles. The molecule has 4 atom stereocenters. The van der Waals surface area contributed by atoms with E-state index >= 15 is 0 Å². The monoisotopic (exact) mass is 572 g/mol. The molecule has 2 N–H and O–H groups in total. The molecule has 2 saturated heterocycles. The minimum Gasteiger partial charge on any atom is -0.497 e. The van der Waals surface area contributed by atoms with Crippen LogP contribution in [-0.2, 0) is 30.8 Å². The van der Waals surface area contributed by atoms with E-state index in [9.17, 15) is 18.3 Å². The first-order valence-corrected chi connectivity index (χ1v) is 14.1. The van der Waals surface area contributed by atoms with Crippen molar-refractivity contribution >= 4 is 39.1 Å². The van der Waals surface area contributed by atoms with Gasteiger partial charge in [-0.05, 0) is 54.8 Å². The van der Waals surface area contributed by atoms with Crippen molar-refractivity contribution in [1.82, 2.24) is 9.62 Å². The van der Waals surface area contributed by atoms with Crippen LogP contribution in [0.5, 0.6) is 5.75 Å². The molecule has 4 rings (SSSR count). The Morgan fingerprint density at radius 3 is 2.59 bits per heavy atom. The van der Waals surface area contributed by atoms with Gasteiger partial charge in [-0.3, -0.25) is 4.79 Å². The van der Waals surface area contributed by atoms with Gasteiger partial charge in [0, 0.05) is 13.1 Å². The van der Waals surface area contributed by atoms with Crippen LogP contribution < -0.4 is 10.1 Å². The lowest BCUT2D eigenvalue weighted by Crippen LogP contribution is -2.57. The number of aliphatic hydroxyl groups is 1. The van der Waals surface area contributed by atoms with E-state index in [1.807, 2.05) is 0 Å². The number of aliphatic hydroxyl groups excluding tert-OH is 1. The summed E-state index contributed by atoms with van der Waals surface area (Å²) in [7, 11) is -2.43. The molecule has 37 heavy (non-hydrogen) atoms. The molecule has 0 radical (unpaired) electrons. The van der Waals surface area contributed by atoms with Crippen LogP contribution in [0.4, 0.5) is 0 Å². The Morgan fingerprint density at radius 1 is 1.14 bits per heavy atom. The van der Waals surface area contributed by atoms with Crippen LogP contribution >= 0.6 is 23.2 Å². The number of ether oxygens (including phenoxy) is 3. The lowest BCUT2D eigenvalue weighted by atomic mass is 9.96. The van der Waals surface area contributed by atoms with Crippen LogP contribution in [0.1, 0.15) is 24.8 Å². The zero-order valence-electron chi connectivity index (χ0n) is 20.3. The number of nitrogens with one attached hydrogen (secondary N) is 1. The molecule has 2 fully saturated rings. The summed E-state index contributed by atoms with van der Waals surface area (Å²) in [6, 6.07) is 10.7. The molecule has 0 aliphatic carbocycles. The second-order valence-electron chi connectivity index (χ2n) is 9.11. The van der Waals surface area contributed by atoms with Crippen molar-refractivity contribution in [1.29, 1.82) is 0 Å². The summed E-state index contributed by atoms with van der Waals surface area (Å²) in [4.78, 5) is 12.7. The number of benzene rings is 2. The van der Waals surface area contributed by atoms with Gasteiger partial charge < -0.3 is 24.6 Å². The van der Waals surface area contributed by atoms with Crippen LogP contribution in [0.2, 0.25) is 10.0 Å². The van der Waals surface area contributed by atoms with Crippen molar-refractivity contribution in [2.45, 2.75) is 55.1 Å². The number of hydrogen-bond acceptors (Lipinski definition) is 7. The number of β-amino-alcohol motifs (C(OH)–C–C–N with tert-alkyl or cyclic N) is 1. The highest BCUT2D eigenvalue weighted by molar-refractivity contribution is 7.89. The number of rotatable bonds is 7. The Bertz CT molecular complexity index is 1200. The van der Waals surface area contributed by atoms with Crippen molar-refractivity contribution in [2.75, 3.05) is 26.9 Å². The van der Waals surface area contributed by atoms with Crippen LogP contribution in [0.3, 0.4) is 0 Å². The summed E-state index contributed by atoms with van der Waals surface area (Å²) in [5.41, 5.74) is 0.818. The molecule has 9 nitrogen and oxygen atoms in total. The fourth-order valence-corrected chi connectivity index (χ4v) is 6.62. The lowest BCUT2D eigenvalue weighted by Gasteiger charge is -2.43. The average Bonchev–Trinajstić information content (AvgIpc) is 2.87. The fraction of sp³-hybridized carbons (Fsp3) is 0.480. The van der Waals surface area contributed by atoms with Gasteiger partial charge >= 0.3 is 0 Å². The van der Waals surface area contributed by atoms with Gasteiger partial charge in [0.2, 0.25) is 15.9 Å². The van der Waals surface area contributed by atoms with E-state index in [1.54, 1.807) is 30.3 Å². The number of fused-ring (bicyclic) bond motifs is 1. The predicted molar refractivity (Wildman–Crippen MR) is 138 cm³/mol. The number of hydrogen-bond donors (Lipinski definition) is 2. The minimum absolute atomic E-state index is 0.0178. The molecule has 2 aromatic carbocycles.